The SMILES string of the molecule is CCC(=O)Nc1cc(N2CCCCC2)ccc1Cl. The highest BCUT2D eigenvalue weighted by atomic mass is 35.5. The molecule has 4 heteroatoms. The molecule has 18 heavy (non-hydrogen) atoms. The Bertz CT molecular complexity index is 428. The predicted molar refractivity (Wildman–Crippen MR) is 76.4 cm³/mol. The number of carbonyl (C=O) groups is 1. The summed E-state index contributed by atoms with van der Waals surface area (Å²) in [6.45, 7) is 4.00. The van der Waals surface area contributed by atoms with E-state index in [0.29, 0.717) is 17.1 Å². The smallest absolute Gasteiger partial charge is 0.224 e. The molecular weight excluding hydrogens is 248 g/mol. The van der Waals surface area contributed by atoms with Gasteiger partial charge in [-0.15, -0.1) is 0 Å². The van der Waals surface area contributed by atoms with Gasteiger partial charge in [-0.2, -0.15) is 0 Å². The predicted octanol–water partition coefficient (Wildman–Crippen LogP) is 3.68. The van der Waals surface area contributed by atoms with E-state index < -0.39 is 0 Å². The molecule has 0 atom stereocenters. The summed E-state index contributed by atoms with van der Waals surface area (Å²) >= 11 is 6.10. The summed E-state index contributed by atoms with van der Waals surface area (Å²) in [6.07, 6.45) is 4.24. The van der Waals surface area contributed by atoms with E-state index in [1.54, 1.807) is 0 Å². The zero-order chi connectivity index (χ0) is 13.0. The van der Waals surface area contributed by atoms with E-state index in [4.69, 9.17) is 11.6 Å². The molecule has 0 radical (unpaired) electrons. The number of hydrogen-bond acceptors (Lipinski definition) is 2. The van der Waals surface area contributed by atoms with Crippen molar-refractivity contribution in [3.63, 3.8) is 0 Å². The first-order valence-corrected chi connectivity index (χ1v) is 6.93. The maximum atomic E-state index is 11.4. The quantitative estimate of drug-likeness (QED) is 0.905. The minimum Gasteiger partial charge on any atom is -0.371 e. The first-order chi connectivity index (χ1) is 8.70. The maximum absolute atomic E-state index is 11.4. The van der Waals surface area contributed by atoms with Crippen LogP contribution in [0.3, 0.4) is 0 Å². The summed E-state index contributed by atoms with van der Waals surface area (Å²) in [5.41, 5.74) is 1.86. The van der Waals surface area contributed by atoms with E-state index in [1.165, 1.54) is 19.3 Å². The van der Waals surface area contributed by atoms with Gasteiger partial charge in [0.05, 0.1) is 10.7 Å². The normalized spacial score (nSPS) is 15.6. The molecule has 0 saturated carbocycles. The van der Waals surface area contributed by atoms with Gasteiger partial charge in [0.2, 0.25) is 5.91 Å². The second-order valence-corrected chi connectivity index (χ2v) is 5.02. The van der Waals surface area contributed by atoms with Crippen molar-refractivity contribution in [2.45, 2.75) is 32.6 Å². The third-order valence-electron chi connectivity index (χ3n) is 3.27. The zero-order valence-corrected chi connectivity index (χ0v) is 11.5. The van der Waals surface area contributed by atoms with Gasteiger partial charge in [-0.05, 0) is 37.5 Å². The second kappa shape index (κ2) is 6.10. The highest BCUT2D eigenvalue weighted by molar-refractivity contribution is 6.33. The zero-order valence-electron chi connectivity index (χ0n) is 10.7. The Morgan fingerprint density at radius 2 is 2.06 bits per heavy atom. The number of rotatable bonds is 3. The highest BCUT2D eigenvalue weighted by Gasteiger charge is 2.13. The lowest BCUT2D eigenvalue weighted by Gasteiger charge is -2.29. The number of nitrogens with one attached hydrogen (secondary N) is 1. The van der Waals surface area contributed by atoms with Crippen molar-refractivity contribution in [2.24, 2.45) is 0 Å². The Hall–Kier alpha value is -1.22. The largest absolute Gasteiger partial charge is 0.371 e. The number of carbonyl (C=O) groups excluding carboxylic acids is 1. The Morgan fingerprint density at radius 1 is 1.33 bits per heavy atom. The average molecular weight is 267 g/mol. The first kappa shape index (κ1) is 13.2. The molecule has 0 aromatic heterocycles. The summed E-state index contributed by atoms with van der Waals surface area (Å²) in [5, 5.41) is 3.44. The Balaban J connectivity index is 2.16. The van der Waals surface area contributed by atoms with E-state index in [2.05, 4.69) is 10.2 Å². The Kier molecular flexibility index (Phi) is 4.48. The molecular formula is C14H19ClN2O. The fourth-order valence-corrected chi connectivity index (χ4v) is 2.36. The second-order valence-electron chi connectivity index (χ2n) is 4.61. The van der Waals surface area contributed by atoms with Gasteiger partial charge in [-0.25, -0.2) is 0 Å². The van der Waals surface area contributed by atoms with Crippen LogP contribution in [0.4, 0.5) is 11.4 Å². The lowest BCUT2D eigenvalue weighted by atomic mass is 10.1. The molecule has 2 rings (SSSR count). The number of benzene rings is 1. The van der Waals surface area contributed by atoms with Crippen LogP contribution in [0.5, 0.6) is 0 Å². The number of piperidine rings is 1. The first-order valence-electron chi connectivity index (χ1n) is 6.55. The molecule has 3 nitrogen and oxygen atoms in total. The topological polar surface area (TPSA) is 32.3 Å². The Morgan fingerprint density at radius 3 is 2.72 bits per heavy atom. The molecule has 0 spiro atoms. The van der Waals surface area contributed by atoms with Crippen LogP contribution in [0, 0.1) is 0 Å². The van der Waals surface area contributed by atoms with E-state index in [1.807, 2.05) is 25.1 Å². The fourth-order valence-electron chi connectivity index (χ4n) is 2.20. The van der Waals surface area contributed by atoms with Gasteiger partial charge in [0.1, 0.15) is 0 Å². The molecule has 0 bridgehead atoms. The molecule has 1 N–H and O–H groups in total. The number of nitrogens with zero attached hydrogens (tertiary/aromatic N) is 1. The molecule has 1 aliphatic rings. The third-order valence-corrected chi connectivity index (χ3v) is 3.60. The van der Waals surface area contributed by atoms with Crippen molar-refractivity contribution < 1.29 is 4.79 Å². The number of anilines is 2. The number of amides is 1. The lowest BCUT2D eigenvalue weighted by molar-refractivity contribution is -0.115. The molecule has 0 unspecified atom stereocenters. The maximum Gasteiger partial charge on any atom is 0.224 e. The van der Waals surface area contributed by atoms with E-state index >= 15 is 0 Å². The van der Waals surface area contributed by atoms with Crippen molar-refractivity contribution in [1.29, 1.82) is 0 Å². The molecule has 98 valence electrons. The molecule has 1 amide bonds. The summed E-state index contributed by atoms with van der Waals surface area (Å²) < 4.78 is 0. The van der Waals surface area contributed by atoms with Crippen LogP contribution in [0.2, 0.25) is 5.02 Å². The van der Waals surface area contributed by atoms with E-state index in [-0.39, 0.29) is 5.91 Å². The van der Waals surface area contributed by atoms with Crippen molar-refractivity contribution in [3.8, 4) is 0 Å². The van der Waals surface area contributed by atoms with Crippen LogP contribution >= 0.6 is 11.6 Å². The fraction of sp³-hybridized carbons (Fsp3) is 0.500. The van der Waals surface area contributed by atoms with Gasteiger partial charge in [-0.3, -0.25) is 4.79 Å². The minimum absolute atomic E-state index is 0.00676. The minimum atomic E-state index is -0.00676. The summed E-state index contributed by atoms with van der Waals surface area (Å²) in [4.78, 5) is 13.8. The molecule has 1 fully saturated rings. The monoisotopic (exact) mass is 266 g/mol. The molecule has 0 aliphatic carbocycles. The van der Waals surface area contributed by atoms with E-state index in [0.717, 1.165) is 18.8 Å². The lowest BCUT2D eigenvalue weighted by Crippen LogP contribution is -2.29. The van der Waals surface area contributed by atoms with Crippen molar-refractivity contribution in [3.05, 3.63) is 23.2 Å². The molecule has 1 aromatic carbocycles. The van der Waals surface area contributed by atoms with Gasteiger partial charge in [-0.1, -0.05) is 18.5 Å². The van der Waals surface area contributed by atoms with Crippen LogP contribution < -0.4 is 10.2 Å². The van der Waals surface area contributed by atoms with Gasteiger partial charge < -0.3 is 10.2 Å². The van der Waals surface area contributed by atoms with Gasteiger partial charge in [0.15, 0.2) is 0 Å². The standard InChI is InChI=1S/C14H19ClN2O/c1-2-14(18)16-13-10-11(6-7-12(13)15)17-8-4-3-5-9-17/h6-7,10H,2-5,8-9H2,1H3,(H,16,18). The molecule has 1 aliphatic heterocycles. The van der Waals surface area contributed by atoms with Crippen LogP contribution in [0.15, 0.2) is 18.2 Å². The summed E-state index contributed by atoms with van der Waals surface area (Å²) in [6, 6.07) is 5.85. The molecule has 1 saturated heterocycles. The summed E-state index contributed by atoms with van der Waals surface area (Å²) in [7, 11) is 0. The highest BCUT2D eigenvalue weighted by Crippen LogP contribution is 2.29. The van der Waals surface area contributed by atoms with Crippen molar-refractivity contribution >= 4 is 28.9 Å². The van der Waals surface area contributed by atoms with Crippen molar-refractivity contribution in [2.75, 3.05) is 23.3 Å². The third kappa shape index (κ3) is 3.16. The number of hydrogen-bond donors (Lipinski definition) is 1. The average Bonchev–Trinajstić information content (AvgIpc) is 2.42. The molecule has 1 heterocycles. The van der Waals surface area contributed by atoms with Crippen LogP contribution in [-0.4, -0.2) is 19.0 Å². The summed E-state index contributed by atoms with van der Waals surface area (Å²) in [5.74, 6) is -0.00676. The van der Waals surface area contributed by atoms with Gasteiger partial charge >= 0.3 is 0 Å². The van der Waals surface area contributed by atoms with Crippen LogP contribution in [0.1, 0.15) is 32.6 Å². The van der Waals surface area contributed by atoms with Gasteiger partial charge in [0, 0.05) is 25.2 Å². The molecule has 1 aromatic rings. The van der Waals surface area contributed by atoms with Crippen LogP contribution in [0.25, 0.3) is 0 Å². The van der Waals surface area contributed by atoms with Gasteiger partial charge in [0.25, 0.3) is 0 Å². The van der Waals surface area contributed by atoms with E-state index in [9.17, 15) is 4.79 Å². The van der Waals surface area contributed by atoms with Crippen molar-refractivity contribution in [1.82, 2.24) is 0 Å². The Labute approximate surface area is 113 Å². The number of halogens is 1. The van der Waals surface area contributed by atoms with Crippen LogP contribution in [-0.2, 0) is 4.79 Å².